The Morgan fingerprint density at radius 2 is 1.88 bits per heavy atom. The van der Waals surface area contributed by atoms with E-state index in [0.29, 0.717) is 13.0 Å². The maximum absolute atomic E-state index is 14.1. The molecule has 0 atom stereocenters. The summed E-state index contributed by atoms with van der Waals surface area (Å²) >= 11 is 0. The van der Waals surface area contributed by atoms with E-state index in [0.717, 1.165) is 34.9 Å². The second kappa shape index (κ2) is 6.03. The van der Waals surface area contributed by atoms with Crippen molar-refractivity contribution in [3.63, 3.8) is 0 Å². The van der Waals surface area contributed by atoms with Crippen molar-refractivity contribution in [2.45, 2.75) is 24.7 Å². The first-order valence-corrected chi connectivity index (χ1v) is 8.64. The molecule has 0 spiro atoms. The quantitative estimate of drug-likeness (QED) is 0.757. The van der Waals surface area contributed by atoms with Gasteiger partial charge in [-0.15, -0.1) is 0 Å². The zero-order valence-corrected chi connectivity index (χ0v) is 14.3. The average Bonchev–Trinajstić information content (AvgIpc) is 3.34. The molecule has 1 amide bonds. The van der Waals surface area contributed by atoms with Gasteiger partial charge in [-0.2, -0.15) is 0 Å². The number of carbonyl (C=O) groups excluding carboxylic acids is 1. The van der Waals surface area contributed by atoms with Gasteiger partial charge in [0.05, 0.1) is 6.42 Å². The van der Waals surface area contributed by atoms with Crippen LogP contribution in [0.25, 0.3) is 10.9 Å². The minimum atomic E-state index is -0.222. The highest BCUT2D eigenvalue weighted by Crippen LogP contribution is 2.48. The Labute approximate surface area is 146 Å². The molecule has 128 valence electrons. The summed E-state index contributed by atoms with van der Waals surface area (Å²) in [6.45, 7) is 0.498. The minimum Gasteiger partial charge on any atom is -0.355 e. The molecule has 1 heterocycles. The van der Waals surface area contributed by atoms with E-state index < -0.39 is 0 Å². The van der Waals surface area contributed by atoms with E-state index in [1.165, 1.54) is 6.07 Å². The Kier molecular flexibility index (Phi) is 3.83. The van der Waals surface area contributed by atoms with E-state index in [-0.39, 0.29) is 17.1 Å². The predicted molar refractivity (Wildman–Crippen MR) is 96.9 cm³/mol. The fourth-order valence-corrected chi connectivity index (χ4v) is 3.65. The number of amides is 1. The van der Waals surface area contributed by atoms with E-state index in [4.69, 9.17) is 0 Å². The van der Waals surface area contributed by atoms with Crippen LogP contribution in [0.15, 0.2) is 54.7 Å². The van der Waals surface area contributed by atoms with E-state index >= 15 is 0 Å². The van der Waals surface area contributed by atoms with Crippen molar-refractivity contribution in [1.29, 1.82) is 0 Å². The summed E-state index contributed by atoms with van der Waals surface area (Å²) in [6, 6.07) is 15.0. The Hall–Kier alpha value is -2.62. The minimum absolute atomic E-state index is 0.0148. The first-order chi connectivity index (χ1) is 12.1. The van der Waals surface area contributed by atoms with Crippen LogP contribution in [0.3, 0.4) is 0 Å². The number of benzene rings is 2. The van der Waals surface area contributed by atoms with Gasteiger partial charge in [0.1, 0.15) is 5.82 Å². The van der Waals surface area contributed by atoms with E-state index in [1.807, 2.05) is 54.2 Å². The Bertz CT molecular complexity index is 940. The van der Waals surface area contributed by atoms with Crippen LogP contribution < -0.4 is 5.32 Å². The van der Waals surface area contributed by atoms with E-state index in [1.54, 1.807) is 6.07 Å². The highest BCUT2D eigenvalue weighted by Gasteiger charge is 2.45. The molecule has 0 aliphatic heterocycles. The number of para-hydroxylation sites is 1. The van der Waals surface area contributed by atoms with Gasteiger partial charge in [0.2, 0.25) is 5.91 Å². The molecule has 25 heavy (non-hydrogen) atoms. The summed E-state index contributed by atoms with van der Waals surface area (Å²) in [7, 11) is 1.99. The number of nitrogens with zero attached hydrogens (tertiary/aromatic N) is 1. The average molecular weight is 336 g/mol. The fourth-order valence-electron chi connectivity index (χ4n) is 3.65. The Morgan fingerprint density at radius 3 is 2.64 bits per heavy atom. The van der Waals surface area contributed by atoms with Crippen molar-refractivity contribution in [2.75, 3.05) is 6.54 Å². The van der Waals surface area contributed by atoms with Crippen molar-refractivity contribution in [3.8, 4) is 0 Å². The topological polar surface area (TPSA) is 34.0 Å². The molecule has 4 rings (SSSR count). The van der Waals surface area contributed by atoms with Crippen LogP contribution in [0.4, 0.5) is 4.39 Å². The number of nitrogens with one attached hydrogen (secondary N) is 1. The van der Waals surface area contributed by atoms with Crippen LogP contribution in [-0.4, -0.2) is 17.0 Å². The lowest BCUT2D eigenvalue weighted by Gasteiger charge is -2.17. The highest BCUT2D eigenvalue weighted by molar-refractivity contribution is 5.89. The van der Waals surface area contributed by atoms with Gasteiger partial charge in [0.15, 0.2) is 0 Å². The van der Waals surface area contributed by atoms with Crippen LogP contribution in [0.5, 0.6) is 0 Å². The lowest BCUT2D eigenvalue weighted by atomic mass is 9.95. The van der Waals surface area contributed by atoms with Crippen LogP contribution >= 0.6 is 0 Å². The zero-order chi connectivity index (χ0) is 17.4. The summed E-state index contributed by atoms with van der Waals surface area (Å²) in [4.78, 5) is 12.4. The molecule has 3 aromatic rings. The maximum atomic E-state index is 14.1. The second-order valence-electron chi connectivity index (χ2n) is 7.00. The zero-order valence-electron chi connectivity index (χ0n) is 14.3. The van der Waals surface area contributed by atoms with E-state index in [9.17, 15) is 9.18 Å². The third-order valence-corrected chi connectivity index (χ3v) is 5.25. The number of fused-ring (bicyclic) bond motifs is 1. The number of hydrogen-bond acceptors (Lipinski definition) is 1. The third kappa shape index (κ3) is 2.93. The van der Waals surface area contributed by atoms with Gasteiger partial charge in [0, 0.05) is 36.1 Å². The largest absolute Gasteiger partial charge is 0.355 e. The molecular formula is C21H21FN2O. The molecule has 1 aliphatic carbocycles. The number of rotatable bonds is 5. The number of aromatic nitrogens is 1. The fraction of sp³-hybridized carbons (Fsp3) is 0.286. The number of carbonyl (C=O) groups is 1. The van der Waals surface area contributed by atoms with Gasteiger partial charge < -0.3 is 9.88 Å². The molecule has 1 N–H and O–H groups in total. The number of aryl methyl sites for hydroxylation is 1. The standard InChI is InChI=1S/C21H21FN2O/c1-24-13-15(16-6-2-5-9-19(16)24)12-20(25)23-14-21(10-11-21)17-7-3-4-8-18(17)22/h2-9,13H,10-12,14H2,1H3,(H,23,25). The molecule has 1 saturated carbocycles. The van der Waals surface area contributed by atoms with Crippen molar-refractivity contribution in [1.82, 2.24) is 9.88 Å². The number of hydrogen-bond donors (Lipinski definition) is 1. The van der Waals surface area contributed by atoms with Gasteiger partial charge in [-0.1, -0.05) is 36.4 Å². The summed E-state index contributed by atoms with van der Waals surface area (Å²) in [6.07, 6.45) is 4.19. The Balaban J connectivity index is 1.45. The predicted octanol–water partition coefficient (Wildman–Crippen LogP) is 3.71. The smallest absolute Gasteiger partial charge is 0.224 e. The van der Waals surface area contributed by atoms with Gasteiger partial charge in [-0.3, -0.25) is 4.79 Å². The lowest BCUT2D eigenvalue weighted by molar-refractivity contribution is -0.120. The molecule has 1 fully saturated rings. The SMILES string of the molecule is Cn1cc(CC(=O)NCC2(c3ccccc3F)CC2)c2ccccc21. The highest BCUT2D eigenvalue weighted by atomic mass is 19.1. The van der Waals surface area contributed by atoms with Crippen molar-refractivity contribution < 1.29 is 9.18 Å². The van der Waals surface area contributed by atoms with Crippen LogP contribution in [-0.2, 0) is 23.7 Å². The monoisotopic (exact) mass is 336 g/mol. The summed E-state index contributed by atoms with van der Waals surface area (Å²) in [5.74, 6) is -0.192. The van der Waals surface area contributed by atoms with Crippen LogP contribution in [0, 0.1) is 5.82 Å². The molecule has 3 nitrogen and oxygen atoms in total. The van der Waals surface area contributed by atoms with Gasteiger partial charge in [-0.05, 0) is 36.1 Å². The normalized spacial score (nSPS) is 15.3. The summed E-state index contributed by atoms with van der Waals surface area (Å²) in [5.41, 5.74) is 2.64. The van der Waals surface area contributed by atoms with Crippen LogP contribution in [0.1, 0.15) is 24.0 Å². The van der Waals surface area contributed by atoms with E-state index in [2.05, 4.69) is 5.32 Å². The number of halogens is 1. The summed E-state index contributed by atoms with van der Waals surface area (Å²) < 4.78 is 16.1. The van der Waals surface area contributed by atoms with Gasteiger partial charge in [0.25, 0.3) is 0 Å². The maximum Gasteiger partial charge on any atom is 0.224 e. The molecule has 1 aliphatic rings. The third-order valence-electron chi connectivity index (χ3n) is 5.25. The molecule has 2 aromatic carbocycles. The van der Waals surface area contributed by atoms with Gasteiger partial charge >= 0.3 is 0 Å². The van der Waals surface area contributed by atoms with Crippen molar-refractivity contribution in [2.24, 2.45) is 7.05 Å². The second-order valence-corrected chi connectivity index (χ2v) is 7.00. The Morgan fingerprint density at radius 1 is 1.16 bits per heavy atom. The molecular weight excluding hydrogens is 315 g/mol. The summed E-state index contributed by atoms with van der Waals surface area (Å²) in [5, 5.41) is 4.13. The van der Waals surface area contributed by atoms with Crippen LogP contribution in [0.2, 0.25) is 0 Å². The molecule has 1 aromatic heterocycles. The first-order valence-electron chi connectivity index (χ1n) is 8.64. The first kappa shape index (κ1) is 15.9. The molecule has 0 bridgehead atoms. The van der Waals surface area contributed by atoms with Crippen molar-refractivity contribution >= 4 is 16.8 Å². The van der Waals surface area contributed by atoms with Gasteiger partial charge in [-0.25, -0.2) is 4.39 Å². The lowest BCUT2D eigenvalue weighted by Crippen LogP contribution is -2.33. The molecule has 4 heteroatoms. The van der Waals surface area contributed by atoms with Crippen molar-refractivity contribution in [3.05, 3.63) is 71.7 Å². The molecule has 0 radical (unpaired) electrons. The molecule has 0 unspecified atom stereocenters. The molecule has 0 saturated heterocycles.